The van der Waals surface area contributed by atoms with Crippen LogP contribution in [-0.2, 0) is 0 Å². The molecule has 1 aliphatic rings. The number of rotatable bonds is 6. The van der Waals surface area contributed by atoms with Crippen molar-refractivity contribution in [2.75, 3.05) is 13.6 Å². The molecule has 0 aliphatic carbocycles. The van der Waals surface area contributed by atoms with Gasteiger partial charge in [-0.1, -0.05) is 41.9 Å². The van der Waals surface area contributed by atoms with Crippen molar-refractivity contribution < 1.29 is 9.90 Å². The van der Waals surface area contributed by atoms with Gasteiger partial charge >= 0.3 is 0 Å². The molecule has 1 fully saturated rings. The van der Waals surface area contributed by atoms with E-state index in [4.69, 9.17) is 11.6 Å². The number of hydrogen-bond acceptors (Lipinski definition) is 4. The summed E-state index contributed by atoms with van der Waals surface area (Å²) < 4.78 is 0. The Hall–Kier alpha value is -2.08. The number of carbonyl (C=O) groups excluding carboxylic acids is 1. The zero-order valence-corrected chi connectivity index (χ0v) is 15.5. The first-order chi connectivity index (χ1) is 12.5. The summed E-state index contributed by atoms with van der Waals surface area (Å²) in [7, 11) is 1.75. The normalized spacial score (nSPS) is 19.5. The molecule has 3 N–H and O–H groups in total. The third-order valence-corrected chi connectivity index (χ3v) is 5.00. The molecule has 1 aliphatic heterocycles. The fraction of sp³-hybridized carbons (Fsp3) is 0.350. The molecule has 26 heavy (non-hydrogen) atoms. The fourth-order valence-electron chi connectivity index (χ4n) is 3.28. The second-order valence-corrected chi connectivity index (χ2v) is 7.15. The molecule has 0 bridgehead atoms. The molecule has 0 radical (unpaired) electrons. The summed E-state index contributed by atoms with van der Waals surface area (Å²) >= 11 is 5.92. The van der Waals surface area contributed by atoms with Gasteiger partial charge in [-0.25, -0.2) is 0 Å². The number of halogens is 1. The monoisotopic (exact) mass is 373 g/mol. The van der Waals surface area contributed by atoms with Gasteiger partial charge in [0, 0.05) is 30.7 Å². The van der Waals surface area contributed by atoms with Gasteiger partial charge in [-0.05, 0) is 43.0 Å². The van der Waals surface area contributed by atoms with E-state index in [1.165, 1.54) is 17.7 Å². The van der Waals surface area contributed by atoms with Crippen LogP contribution in [0.25, 0.3) is 0 Å². The Balaban J connectivity index is 1.46. The van der Waals surface area contributed by atoms with Crippen molar-refractivity contribution >= 4 is 17.5 Å². The first-order valence-electron chi connectivity index (χ1n) is 8.84. The van der Waals surface area contributed by atoms with Crippen molar-refractivity contribution in [3.05, 3.63) is 64.7 Å². The number of hydrazine groups is 1. The third-order valence-electron chi connectivity index (χ3n) is 4.77. The fourth-order valence-corrected chi connectivity index (χ4v) is 3.45. The van der Waals surface area contributed by atoms with E-state index < -0.39 is 0 Å². The number of carbonyl (C=O) groups is 1. The first kappa shape index (κ1) is 18.7. The van der Waals surface area contributed by atoms with Gasteiger partial charge < -0.3 is 10.0 Å². The average molecular weight is 374 g/mol. The highest BCUT2D eigenvalue weighted by Gasteiger charge is 2.24. The number of phenols is 1. The van der Waals surface area contributed by atoms with Crippen molar-refractivity contribution in [2.45, 2.75) is 31.3 Å². The zero-order chi connectivity index (χ0) is 18.5. The standard InChI is InChI=1S/C20H24ClN3O2/c1-24(20(26)17-12-15(21)9-10-19(17)25)11-5-8-16-13-18(23-22-16)14-6-3-2-4-7-14/h2-4,6-7,9-10,12,16,18,22-23,25H,5,8,11,13H2,1H3. The van der Waals surface area contributed by atoms with Crippen molar-refractivity contribution in [3.63, 3.8) is 0 Å². The summed E-state index contributed by atoms with van der Waals surface area (Å²) in [6.07, 6.45) is 2.87. The summed E-state index contributed by atoms with van der Waals surface area (Å²) in [5.41, 5.74) is 8.21. The Bertz CT molecular complexity index is 754. The Labute approximate surface area is 158 Å². The summed E-state index contributed by atoms with van der Waals surface area (Å²) in [4.78, 5) is 14.1. The second kappa shape index (κ2) is 8.54. The lowest BCUT2D eigenvalue weighted by Crippen LogP contribution is -2.32. The highest BCUT2D eigenvalue weighted by Crippen LogP contribution is 2.25. The molecule has 1 saturated heterocycles. The predicted octanol–water partition coefficient (Wildman–Crippen LogP) is 3.51. The van der Waals surface area contributed by atoms with Crippen LogP contribution < -0.4 is 10.9 Å². The minimum Gasteiger partial charge on any atom is -0.507 e. The Morgan fingerprint density at radius 3 is 2.77 bits per heavy atom. The summed E-state index contributed by atoms with van der Waals surface area (Å²) in [6.45, 7) is 0.624. The van der Waals surface area contributed by atoms with E-state index in [2.05, 4.69) is 35.1 Å². The van der Waals surface area contributed by atoms with Crippen LogP contribution >= 0.6 is 11.6 Å². The van der Waals surface area contributed by atoms with Gasteiger partial charge in [0.25, 0.3) is 5.91 Å². The van der Waals surface area contributed by atoms with Crippen LogP contribution in [-0.4, -0.2) is 35.5 Å². The van der Waals surface area contributed by atoms with E-state index >= 15 is 0 Å². The lowest BCUT2D eigenvalue weighted by atomic mass is 10.00. The van der Waals surface area contributed by atoms with E-state index in [9.17, 15) is 9.90 Å². The van der Waals surface area contributed by atoms with Crippen molar-refractivity contribution in [3.8, 4) is 5.75 Å². The lowest BCUT2D eigenvalue weighted by Gasteiger charge is -2.19. The number of nitrogens with one attached hydrogen (secondary N) is 2. The maximum Gasteiger partial charge on any atom is 0.257 e. The molecule has 3 rings (SSSR count). The molecular weight excluding hydrogens is 350 g/mol. The Kier molecular flexibility index (Phi) is 6.14. The van der Waals surface area contributed by atoms with E-state index in [-0.39, 0.29) is 17.2 Å². The molecule has 2 unspecified atom stereocenters. The minimum atomic E-state index is -0.218. The maximum atomic E-state index is 12.5. The Morgan fingerprint density at radius 2 is 2.00 bits per heavy atom. The third kappa shape index (κ3) is 4.55. The summed E-state index contributed by atoms with van der Waals surface area (Å²) in [6, 6.07) is 15.6. The quantitative estimate of drug-likeness (QED) is 0.725. The van der Waals surface area contributed by atoms with Crippen LogP contribution in [0.1, 0.15) is 41.2 Å². The Morgan fingerprint density at radius 1 is 1.23 bits per heavy atom. The molecule has 2 aromatic carbocycles. The van der Waals surface area contributed by atoms with Crippen molar-refractivity contribution in [1.29, 1.82) is 0 Å². The van der Waals surface area contributed by atoms with Gasteiger partial charge in [0.05, 0.1) is 5.56 Å². The van der Waals surface area contributed by atoms with Gasteiger partial charge in [0.2, 0.25) is 0 Å². The highest BCUT2D eigenvalue weighted by atomic mass is 35.5. The number of amides is 1. The van der Waals surface area contributed by atoms with E-state index in [1.807, 2.05) is 6.07 Å². The smallest absolute Gasteiger partial charge is 0.257 e. The number of benzene rings is 2. The zero-order valence-electron chi connectivity index (χ0n) is 14.8. The van der Waals surface area contributed by atoms with Crippen LogP contribution in [0.2, 0.25) is 5.02 Å². The molecule has 138 valence electrons. The molecule has 1 heterocycles. The number of aromatic hydroxyl groups is 1. The van der Waals surface area contributed by atoms with E-state index in [0.717, 1.165) is 19.3 Å². The van der Waals surface area contributed by atoms with Crippen molar-refractivity contribution in [1.82, 2.24) is 15.8 Å². The SMILES string of the molecule is CN(CCCC1CC(c2ccccc2)NN1)C(=O)c1cc(Cl)ccc1O. The predicted molar refractivity (Wildman–Crippen MR) is 103 cm³/mol. The van der Waals surface area contributed by atoms with Gasteiger partial charge in [-0.2, -0.15) is 0 Å². The molecule has 0 spiro atoms. The van der Waals surface area contributed by atoms with E-state index in [1.54, 1.807) is 18.0 Å². The van der Waals surface area contributed by atoms with Gasteiger partial charge in [-0.15, -0.1) is 0 Å². The molecule has 2 aromatic rings. The van der Waals surface area contributed by atoms with Crippen LogP contribution in [0, 0.1) is 0 Å². The highest BCUT2D eigenvalue weighted by molar-refractivity contribution is 6.31. The van der Waals surface area contributed by atoms with E-state index in [0.29, 0.717) is 23.7 Å². The van der Waals surface area contributed by atoms with Gasteiger partial charge in [0.1, 0.15) is 5.75 Å². The van der Waals surface area contributed by atoms with Crippen LogP contribution in [0.5, 0.6) is 5.75 Å². The summed E-state index contributed by atoms with van der Waals surface area (Å²) in [5, 5.41) is 10.3. The molecule has 6 heteroatoms. The molecule has 2 atom stereocenters. The molecule has 5 nitrogen and oxygen atoms in total. The first-order valence-corrected chi connectivity index (χ1v) is 9.22. The van der Waals surface area contributed by atoms with Gasteiger partial charge in [-0.3, -0.25) is 15.6 Å². The minimum absolute atomic E-state index is 0.0430. The average Bonchev–Trinajstić information content (AvgIpc) is 3.12. The van der Waals surface area contributed by atoms with Gasteiger partial charge in [0.15, 0.2) is 0 Å². The van der Waals surface area contributed by atoms with Crippen LogP contribution in [0.15, 0.2) is 48.5 Å². The topological polar surface area (TPSA) is 64.6 Å². The van der Waals surface area contributed by atoms with Crippen LogP contribution in [0.4, 0.5) is 0 Å². The molecule has 0 aromatic heterocycles. The molecule has 1 amide bonds. The largest absolute Gasteiger partial charge is 0.507 e. The number of hydrogen-bond donors (Lipinski definition) is 3. The molecular formula is C20H24ClN3O2. The number of phenolic OH excluding ortho intramolecular Hbond substituents is 1. The molecule has 0 saturated carbocycles. The second-order valence-electron chi connectivity index (χ2n) is 6.71. The lowest BCUT2D eigenvalue weighted by molar-refractivity contribution is 0.0788. The summed E-state index contributed by atoms with van der Waals surface area (Å²) in [5.74, 6) is -0.261. The van der Waals surface area contributed by atoms with Crippen molar-refractivity contribution in [2.24, 2.45) is 0 Å². The number of nitrogens with zero attached hydrogens (tertiary/aromatic N) is 1. The maximum absolute atomic E-state index is 12.5. The van der Waals surface area contributed by atoms with Crippen LogP contribution in [0.3, 0.4) is 0 Å².